The predicted octanol–water partition coefficient (Wildman–Crippen LogP) is 2.87. The molecule has 0 aliphatic rings. The zero-order valence-electron chi connectivity index (χ0n) is 15.8. The normalized spacial score (nSPS) is 10.5. The molecule has 1 amide bonds. The fraction of sp³-hybridized carbons (Fsp3) is 0.238. The van der Waals surface area contributed by atoms with Crippen molar-refractivity contribution in [1.29, 1.82) is 0 Å². The molecule has 0 atom stereocenters. The minimum Gasteiger partial charge on any atom is -0.497 e. The van der Waals surface area contributed by atoms with Crippen LogP contribution in [0.4, 0.5) is 0 Å². The second-order valence-corrected chi connectivity index (χ2v) is 6.28. The molecule has 144 valence electrons. The summed E-state index contributed by atoms with van der Waals surface area (Å²) in [6.07, 6.45) is 3.17. The first-order chi connectivity index (χ1) is 13.5. The highest BCUT2D eigenvalue weighted by Gasteiger charge is 2.17. The van der Waals surface area contributed by atoms with Crippen LogP contribution in [0.1, 0.15) is 23.4 Å². The van der Waals surface area contributed by atoms with Crippen molar-refractivity contribution >= 4 is 11.7 Å². The van der Waals surface area contributed by atoms with Crippen molar-refractivity contribution in [3.05, 3.63) is 65.8 Å². The van der Waals surface area contributed by atoms with Gasteiger partial charge in [-0.2, -0.15) is 0 Å². The van der Waals surface area contributed by atoms with Gasteiger partial charge in [0.05, 0.1) is 25.6 Å². The van der Waals surface area contributed by atoms with Crippen molar-refractivity contribution in [2.24, 2.45) is 0 Å². The van der Waals surface area contributed by atoms with E-state index in [1.807, 2.05) is 30.3 Å². The van der Waals surface area contributed by atoms with Gasteiger partial charge >= 0.3 is 0 Å². The van der Waals surface area contributed by atoms with Crippen molar-refractivity contribution in [2.45, 2.75) is 26.3 Å². The zero-order chi connectivity index (χ0) is 19.9. The maximum absolute atomic E-state index is 12.2. The lowest BCUT2D eigenvalue weighted by Gasteiger charge is -2.04. The van der Waals surface area contributed by atoms with E-state index in [1.165, 1.54) is 0 Å². The van der Waals surface area contributed by atoms with Gasteiger partial charge in [0.15, 0.2) is 0 Å². The number of carbonyl (C=O) groups excluding carboxylic acids is 2. The zero-order valence-corrected chi connectivity index (χ0v) is 15.8. The number of hydrogen-bond donors (Lipinski definition) is 1. The van der Waals surface area contributed by atoms with E-state index < -0.39 is 0 Å². The number of aryl methyl sites for hydroxylation is 1. The van der Waals surface area contributed by atoms with Crippen LogP contribution in [-0.4, -0.2) is 28.8 Å². The average molecular weight is 379 g/mol. The van der Waals surface area contributed by atoms with Crippen LogP contribution in [0, 0.1) is 6.92 Å². The number of carbonyl (C=O) groups is 2. The number of amides is 1. The molecule has 0 unspecified atom stereocenters. The molecule has 2 heterocycles. The van der Waals surface area contributed by atoms with Crippen molar-refractivity contribution < 1.29 is 18.7 Å². The van der Waals surface area contributed by atoms with Gasteiger partial charge < -0.3 is 14.5 Å². The van der Waals surface area contributed by atoms with Gasteiger partial charge in [0, 0.05) is 24.5 Å². The number of nitrogens with zero attached hydrogens (tertiary/aromatic N) is 2. The van der Waals surface area contributed by atoms with Gasteiger partial charge in [-0.1, -0.05) is 6.07 Å². The molecule has 3 aromatic rings. The Kier molecular flexibility index (Phi) is 6.16. The van der Waals surface area contributed by atoms with Crippen LogP contribution >= 0.6 is 0 Å². The van der Waals surface area contributed by atoms with E-state index in [4.69, 9.17) is 9.15 Å². The molecule has 28 heavy (non-hydrogen) atoms. The standard InChI is InChI=1S/C21H21N3O4/c1-14-19(24-21(28-14)16-5-7-18(27-2)8-6-16)10-17(25)11-20(26)23-13-15-4-3-9-22-12-15/h3-9,12H,10-11,13H2,1-2H3,(H,23,26). The molecule has 0 fully saturated rings. The first kappa shape index (κ1) is 19.3. The van der Waals surface area contributed by atoms with Crippen LogP contribution in [0.25, 0.3) is 11.5 Å². The molecular weight excluding hydrogens is 358 g/mol. The summed E-state index contributed by atoms with van der Waals surface area (Å²) in [5.41, 5.74) is 2.20. The van der Waals surface area contributed by atoms with Crippen LogP contribution in [0.15, 0.2) is 53.2 Å². The Morgan fingerprint density at radius 1 is 1.18 bits per heavy atom. The number of Topliss-reactive ketones (excluding diaryl/α,β-unsaturated/α-hetero) is 1. The number of oxazole rings is 1. The Labute approximate surface area is 162 Å². The number of benzene rings is 1. The Morgan fingerprint density at radius 2 is 1.96 bits per heavy atom. The van der Waals surface area contributed by atoms with Gasteiger partial charge in [0.1, 0.15) is 17.3 Å². The van der Waals surface area contributed by atoms with E-state index in [2.05, 4.69) is 15.3 Å². The van der Waals surface area contributed by atoms with Crippen molar-refractivity contribution in [1.82, 2.24) is 15.3 Å². The van der Waals surface area contributed by atoms with E-state index >= 15 is 0 Å². The maximum Gasteiger partial charge on any atom is 0.227 e. The molecule has 0 saturated carbocycles. The lowest BCUT2D eigenvalue weighted by Crippen LogP contribution is -2.26. The molecular formula is C21H21N3O4. The second-order valence-electron chi connectivity index (χ2n) is 6.28. The first-order valence-corrected chi connectivity index (χ1v) is 8.83. The van der Waals surface area contributed by atoms with Crippen molar-refractivity contribution in [2.75, 3.05) is 7.11 Å². The summed E-state index contributed by atoms with van der Waals surface area (Å²) in [5.74, 6) is 1.19. The summed E-state index contributed by atoms with van der Waals surface area (Å²) in [4.78, 5) is 32.6. The largest absolute Gasteiger partial charge is 0.497 e. The van der Waals surface area contributed by atoms with Crippen LogP contribution in [-0.2, 0) is 22.6 Å². The molecule has 0 aliphatic heterocycles. The summed E-state index contributed by atoms with van der Waals surface area (Å²) in [5, 5.41) is 2.72. The summed E-state index contributed by atoms with van der Waals surface area (Å²) in [6.45, 7) is 2.09. The van der Waals surface area contributed by atoms with Gasteiger partial charge in [-0.15, -0.1) is 0 Å². The van der Waals surface area contributed by atoms with E-state index in [0.717, 1.165) is 16.9 Å². The topological polar surface area (TPSA) is 94.3 Å². The quantitative estimate of drug-likeness (QED) is 0.605. The van der Waals surface area contributed by atoms with Gasteiger partial charge in [0.25, 0.3) is 0 Å². The number of methoxy groups -OCH3 is 1. The minimum absolute atomic E-state index is 0.0474. The van der Waals surface area contributed by atoms with Crippen LogP contribution in [0.5, 0.6) is 5.75 Å². The van der Waals surface area contributed by atoms with Gasteiger partial charge in [-0.05, 0) is 42.8 Å². The van der Waals surface area contributed by atoms with Crippen LogP contribution < -0.4 is 10.1 Å². The number of ketones is 1. The summed E-state index contributed by atoms with van der Waals surface area (Å²) < 4.78 is 10.8. The van der Waals surface area contributed by atoms with E-state index in [1.54, 1.807) is 32.5 Å². The van der Waals surface area contributed by atoms with Gasteiger partial charge in [-0.3, -0.25) is 14.6 Å². The maximum atomic E-state index is 12.2. The third-order valence-corrected chi connectivity index (χ3v) is 4.16. The lowest BCUT2D eigenvalue weighted by molar-refractivity contribution is -0.128. The van der Waals surface area contributed by atoms with E-state index in [0.29, 0.717) is 23.9 Å². The monoisotopic (exact) mass is 379 g/mol. The first-order valence-electron chi connectivity index (χ1n) is 8.83. The highest BCUT2D eigenvalue weighted by atomic mass is 16.5. The average Bonchev–Trinajstić information content (AvgIpc) is 3.07. The molecule has 1 aromatic carbocycles. The molecule has 7 nitrogen and oxygen atoms in total. The number of rotatable bonds is 8. The smallest absolute Gasteiger partial charge is 0.227 e. The Morgan fingerprint density at radius 3 is 2.64 bits per heavy atom. The molecule has 0 bridgehead atoms. The molecule has 3 rings (SSSR count). The van der Waals surface area contributed by atoms with Gasteiger partial charge in [0.2, 0.25) is 11.8 Å². The van der Waals surface area contributed by atoms with Crippen molar-refractivity contribution in [3.8, 4) is 17.2 Å². The number of hydrogen-bond acceptors (Lipinski definition) is 6. The lowest BCUT2D eigenvalue weighted by atomic mass is 10.1. The van der Waals surface area contributed by atoms with E-state index in [-0.39, 0.29) is 24.5 Å². The highest BCUT2D eigenvalue weighted by Crippen LogP contribution is 2.24. The third kappa shape index (κ3) is 5.03. The van der Waals surface area contributed by atoms with Crippen molar-refractivity contribution in [3.63, 3.8) is 0 Å². The number of nitrogens with one attached hydrogen (secondary N) is 1. The summed E-state index contributed by atoms with van der Waals surface area (Å²) in [7, 11) is 1.60. The molecule has 0 spiro atoms. The molecule has 1 N–H and O–H groups in total. The fourth-order valence-electron chi connectivity index (χ4n) is 2.64. The molecule has 0 saturated heterocycles. The van der Waals surface area contributed by atoms with Gasteiger partial charge in [-0.25, -0.2) is 4.98 Å². The Bertz CT molecular complexity index is 950. The number of pyridine rings is 1. The number of ether oxygens (including phenoxy) is 1. The molecule has 0 aliphatic carbocycles. The summed E-state index contributed by atoms with van der Waals surface area (Å²) >= 11 is 0. The minimum atomic E-state index is -0.328. The van der Waals surface area contributed by atoms with E-state index in [9.17, 15) is 9.59 Å². The molecule has 0 radical (unpaired) electrons. The Balaban J connectivity index is 1.56. The van der Waals surface area contributed by atoms with Crippen LogP contribution in [0.2, 0.25) is 0 Å². The molecule has 2 aromatic heterocycles. The molecule has 7 heteroatoms. The predicted molar refractivity (Wildman–Crippen MR) is 103 cm³/mol. The van der Waals surface area contributed by atoms with Crippen LogP contribution in [0.3, 0.4) is 0 Å². The fourth-order valence-corrected chi connectivity index (χ4v) is 2.64. The number of aromatic nitrogens is 2. The summed E-state index contributed by atoms with van der Waals surface area (Å²) in [6, 6.07) is 10.9. The second kappa shape index (κ2) is 8.94. The third-order valence-electron chi connectivity index (χ3n) is 4.16. The Hall–Kier alpha value is -3.48. The SMILES string of the molecule is COc1ccc(-c2nc(CC(=O)CC(=O)NCc3cccnc3)c(C)o2)cc1. The highest BCUT2D eigenvalue weighted by molar-refractivity contribution is 5.98.